The number of likely N-dealkylation sites (tertiary alicyclic amines) is 1. The first-order chi connectivity index (χ1) is 11.5. The molecule has 1 aromatic heterocycles. The van der Waals surface area contributed by atoms with Crippen LogP contribution in [-0.2, 0) is 0 Å². The van der Waals surface area contributed by atoms with E-state index in [9.17, 15) is 4.79 Å². The van der Waals surface area contributed by atoms with Crippen molar-refractivity contribution in [3.05, 3.63) is 39.9 Å². The van der Waals surface area contributed by atoms with Gasteiger partial charge in [-0.25, -0.2) is 9.67 Å². The summed E-state index contributed by atoms with van der Waals surface area (Å²) in [5.74, 6) is 0.494. The molecule has 9 heteroatoms. The highest BCUT2D eigenvalue weighted by Crippen LogP contribution is 2.28. The molecular formula is C16H20Cl3N5O. The molecule has 0 spiro atoms. The highest BCUT2D eigenvalue weighted by Gasteiger charge is 2.29. The van der Waals surface area contributed by atoms with Gasteiger partial charge in [0.15, 0.2) is 0 Å². The molecule has 1 fully saturated rings. The second-order valence-corrected chi connectivity index (χ2v) is 6.66. The van der Waals surface area contributed by atoms with E-state index in [1.54, 1.807) is 30.0 Å². The van der Waals surface area contributed by atoms with Gasteiger partial charge in [-0.05, 0) is 38.3 Å². The Morgan fingerprint density at radius 3 is 2.64 bits per heavy atom. The molecule has 0 saturated carbocycles. The van der Waals surface area contributed by atoms with Crippen LogP contribution in [0.3, 0.4) is 0 Å². The maximum Gasteiger partial charge on any atom is 0.293 e. The Hall–Kier alpha value is -1.34. The molecule has 1 aromatic carbocycles. The van der Waals surface area contributed by atoms with Crippen molar-refractivity contribution < 1.29 is 4.79 Å². The minimum Gasteiger partial charge on any atom is -0.332 e. The van der Waals surface area contributed by atoms with Crippen molar-refractivity contribution >= 4 is 41.5 Å². The van der Waals surface area contributed by atoms with Crippen molar-refractivity contribution in [2.45, 2.75) is 32.2 Å². The Labute approximate surface area is 162 Å². The minimum absolute atomic E-state index is 0. The van der Waals surface area contributed by atoms with E-state index in [-0.39, 0.29) is 30.2 Å². The van der Waals surface area contributed by atoms with Crippen molar-refractivity contribution in [2.24, 2.45) is 5.73 Å². The maximum absolute atomic E-state index is 12.8. The van der Waals surface area contributed by atoms with Crippen LogP contribution < -0.4 is 5.73 Å². The first kappa shape index (κ1) is 20.0. The fourth-order valence-electron chi connectivity index (χ4n) is 3.03. The highest BCUT2D eigenvalue weighted by atomic mass is 35.5. The van der Waals surface area contributed by atoms with Crippen LogP contribution in [0.15, 0.2) is 18.2 Å². The Kier molecular flexibility index (Phi) is 6.68. The molecule has 1 saturated heterocycles. The van der Waals surface area contributed by atoms with Gasteiger partial charge in [-0.2, -0.15) is 0 Å². The van der Waals surface area contributed by atoms with Gasteiger partial charge in [0.05, 0.1) is 10.0 Å². The van der Waals surface area contributed by atoms with E-state index in [0.29, 0.717) is 34.6 Å². The summed E-state index contributed by atoms with van der Waals surface area (Å²) < 4.78 is 1.51. The molecule has 0 bridgehead atoms. The first-order valence-corrected chi connectivity index (χ1v) is 8.67. The first-order valence-electron chi connectivity index (χ1n) is 7.92. The van der Waals surface area contributed by atoms with Crippen molar-refractivity contribution in [1.29, 1.82) is 0 Å². The summed E-state index contributed by atoms with van der Waals surface area (Å²) in [7, 11) is 0. The number of piperidine rings is 1. The van der Waals surface area contributed by atoms with Crippen LogP contribution in [0.2, 0.25) is 10.0 Å². The Morgan fingerprint density at radius 2 is 2.00 bits per heavy atom. The largest absolute Gasteiger partial charge is 0.332 e. The number of nitrogens with zero attached hydrogens (tertiary/aromatic N) is 4. The molecule has 25 heavy (non-hydrogen) atoms. The predicted octanol–water partition coefficient (Wildman–Crippen LogP) is 3.26. The zero-order chi connectivity index (χ0) is 17.3. The quantitative estimate of drug-likeness (QED) is 0.852. The predicted molar refractivity (Wildman–Crippen MR) is 101 cm³/mol. The highest BCUT2D eigenvalue weighted by molar-refractivity contribution is 6.37. The van der Waals surface area contributed by atoms with Crippen LogP contribution in [0.4, 0.5) is 0 Å². The number of hydrogen-bond acceptors (Lipinski definition) is 4. The minimum atomic E-state index is -0.199. The molecule has 0 aliphatic carbocycles. The maximum atomic E-state index is 12.8. The SMILES string of the molecule is Cc1nc(C(=O)N2CCCCC2CN)nn1-c1c(Cl)cccc1Cl.Cl. The number of halogens is 3. The van der Waals surface area contributed by atoms with E-state index in [0.717, 1.165) is 19.3 Å². The van der Waals surface area contributed by atoms with Gasteiger partial charge in [0, 0.05) is 19.1 Å². The lowest BCUT2D eigenvalue weighted by Gasteiger charge is -2.34. The van der Waals surface area contributed by atoms with Gasteiger partial charge in [-0.1, -0.05) is 29.3 Å². The summed E-state index contributed by atoms with van der Waals surface area (Å²) in [5.41, 5.74) is 6.33. The number of rotatable bonds is 3. The van der Waals surface area contributed by atoms with Crippen molar-refractivity contribution in [3.8, 4) is 5.69 Å². The van der Waals surface area contributed by atoms with Gasteiger partial charge in [0.2, 0.25) is 5.82 Å². The van der Waals surface area contributed by atoms with E-state index < -0.39 is 0 Å². The van der Waals surface area contributed by atoms with E-state index in [1.807, 2.05) is 0 Å². The topological polar surface area (TPSA) is 77.0 Å². The summed E-state index contributed by atoms with van der Waals surface area (Å²) >= 11 is 12.5. The summed E-state index contributed by atoms with van der Waals surface area (Å²) in [5, 5.41) is 5.25. The van der Waals surface area contributed by atoms with Gasteiger partial charge >= 0.3 is 0 Å². The van der Waals surface area contributed by atoms with E-state index in [4.69, 9.17) is 28.9 Å². The molecule has 1 aliphatic heterocycles. The summed E-state index contributed by atoms with van der Waals surface area (Å²) in [6.07, 6.45) is 2.97. The third-order valence-electron chi connectivity index (χ3n) is 4.27. The van der Waals surface area contributed by atoms with Crippen LogP contribution in [0.5, 0.6) is 0 Å². The van der Waals surface area contributed by atoms with Gasteiger partial charge < -0.3 is 10.6 Å². The summed E-state index contributed by atoms with van der Waals surface area (Å²) in [6.45, 7) is 2.89. The fourth-order valence-corrected chi connectivity index (χ4v) is 3.58. The van der Waals surface area contributed by atoms with Crippen LogP contribution in [0.25, 0.3) is 5.69 Å². The molecule has 1 aliphatic rings. The second kappa shape index (κ2) is 8.36. The van der Waals surface area contributed by atoms with E-state index >= 15 is 0 Å². The lowest BCUT2D eigenvalue weighted by atomic mass is 10.0. The molecule has 2 aromatic rings. The number of carbonyl (C=O) groups excluding carboxylic acids is 1. The number of carbonyl (C=O) groups is 1. The zero-order valence-electron chi connectivity index (χ0n) is 13.8. The molecule has 1 amide bonds. The third-order valence-corrected chi connectivity index (χ3v) is 4.88. The zero-order valence-corrected chi connectivity index (χ0v) is 16.1. The molecule has 0 radical (unpaired) electrons. The number of amides is 1. The monoisotopic (exact) mass is 403 g/mol. The molecule has 136 valence electrons. The van der Waals surface area contributed by atoms with E-state index in [2.05, 4.69) is 10.1 Å². The lowest BCUT2D eigenvalue weighted by molar-refractivity contribution is 0.0610. The smallest absolute Gasteiger partial charge is 0.293 e. The fraction of sp³-hybridized carbons (Fsp3) is 0.438. The van der Waals surface area contributed by atoms with E-state index in [1.165, 1.54) is 4.68 Å². The lowest BCUT2D eigenvalue weighted by Crippen LogP contribution is -2.47. The third kappa shape index (κ3) is 3.92. The number of benzene rings is 1. The Bertz CT molecular complexity index is 744. The molecule has 2 heterocycles. The summed E-state index contributed by atoms with van der Waals surface area (Å²) in [6, 6.07) is 5.25. The molecule has 6 nitrogen and oxygen atoms in total. The molecule has 3 rings (SSSR count). The molecule has 2 N–H and O–H groups in total. The normalized spacial score (nSPS) is 17.3. The van der Waals surface area contributed by atoms with Gasteiger partial charge in [-0.15, -0.1) is 17.5 Å². The van der Waals surface area contributed by atoms with Crippen molar-refractivity contribution in [1.82, 2.24) is 19.7 Å². The van der Waals surface area contributed by atoms with Crippen LogP contribution in [0.1, 0.15) is 35.7 Å². The van der Waals surface area contributed by atoms with Crippen LogP contribution in [0, 0.1) is 6.92 Å². The number of para-hydroxylation sites is 1. The van der Waals surface area contributed by atoms with Gasteiger partial charge in [-0.3, -0.25) is 4.79 Å². The van der Waals surface area contributed by atoms with Gasteiger partial charge in [0.1, 0.15) is 11.5 Å². The Morgan fingerprint density at radius 1 is 1.32 bits per heavy atom. The number of hydrogen-bond donors (Lipinski definition) is 1. The Balaban J connectivity index is 0.00000225. The molecule has 1 unspecified atom stereocenters. The number of nitrogens with two attached hydrogens (primary N) is 1. The van der Waals surface area contributed by atoms with Gasteiger partial charge in [0.25, 0.3) is 5.91 Å². The van der Waals surface area contributed by atoms with Crippen molar-refractivity contribution in [3.63, 3.8) is 0 Å². The molecule has 1 atom stereocenters. The second-order valence-electron chi connectivity index (χ2n) is 5.85. The number of aryl methyl sites for hydroxylation is 1. The van der Waals surface area contributed by atoms with Crippen LogP contribution >= 0.6 is 35.6 Å². The number of aromatic nitrogens is 3. The summed E-state index contributed by atoms with van der Waals surface area (Å²) in [4.78, 5) is 18.9. The average molecular weight is 405 g/mol. The standard InChI is InChI=1S/C16H19Cl2N5O.ClH/c1-10-20-15(16(24)22-8-3-2-5-11(22)9-19)21-23(10)14-12(17)6-4-7-13(14)18;/h4,6-7,11H,2-3,5,8-9,19H2,1H3;1H. The van der Waals surface area contributed by atoms with Crippen LogP contribution in [-0.4, -0.2) is 44.7 Å². The van der Waals surface area contributed by atoms with Crippen molar-refractivity contribution in [2.75, 3.05) is 13.1 Å². The average Bonchev–Trinajstić information content (AvgIpc) is 2.95. The molecular weight excluding hydrogens is 385 g/mol.